The molecule has 4 rings (SSSR count). The van der Waals surface area contributed by atoms with Gasteiger partial charge >= 0.3 is 12.4 Å². The molecule has 1 aliphatic heterocycles. The number of likely N-dealkylation sites (tertiary alicyclic amines) is 1. The Hall–Kier alpha value is -3.98. The number of carbonyl (C=O) groups is 1. The Balaban J connectivity index is 1.73. The lowest BCUT2D eigenvalue weighted by atomic mass is 10.1. The van der Waals surface area contributed by atoms with Gasteiger partial charge in [0.1, 0.15) is 24.0 Å². The highest BCUT2D eigenvalue weighted by Crippen LogP contribution is 2.36. The largest absolute Gasteiger partial charge is 0.433 e. The summed E-state index contributed by atoms with van der Waals surface area (Å²) in [6.07, 6.45) is -4.85. The molecule has 0 atom stereocenters. The summed E-state index contributed by atoms with van der Waals surface area (Å²) in [4.78, 5) is 27.4. The number of rotatable bonds is 4. The zero-order valence-electron chi connectivity index (χ0n) is 17.0. The van der Waals surface area contributed by atoms with E-state index in [1.165, 1.54) is 12.4 Å². The molecule has 35 heavy (non-hydrogen) atoms. The molecule has 0 N–H and O–H groups in total. The van der Waals surface area contributed by atoms with Crippen LogP contribution in [0.5, 0.6) is 0 Å². The number of nitrogens with zero attached hydrogens (tertiary/aromatic N) is 7. The fourth-order valence-electron chi connectivity index (χ4n) is 3.07. The minimum absolute atomic E-state index is 0.104. The monoisotopic (exact) mass is 505 g/mol. The summed E-state index contributed by atoms with van der Waals surface area (Å²) in [6.45, 7) is -1.67. The lowest BCUT2D eigenvalue weighted by Crippen LogP contribution is -2.58. The van der Waals surface area contributed by atoms with Gasteiger partial charge in [0.15, 0.2) is 5.82 Å². The first-order valence-corrected chi connectivity index (χ1v) is 9.45. The van der Waals surface area contributed by atoms with E-state index in [1.54, 1.807) is 0 Å². The summed E-state index contributed by atoms with van der Waals surface area (Å²) in [5, 5.41) is 3.81. The van der Waals surface area contributed by atoms with Crippen LogP contribution in [0.3, 0.4) is 0 Å². The first-order valence-electron chi connectivity index (χ1n) is 9.45. The maximum atomic E-state index is 13.2. The SMILES string of the molecule is O=C(/C(=C/n1cnc(-c2cc(C(F)(F)F)nc(C(F)(F)F)c2)n1)c1cncnc1)N1CC(F)(F)C1. The van der Waals surface area contributed by atoms with Crippen LogP contribution in [0.15, 0.2) is 37.2 Å². The van der Waals surface area contributed by atoms with E-state index in [0.29, 0.717) is 12.1 Å². The van der Waals surface area contributed by atoms with Gasteiger partial charge in [0.25, 0.3) is 11.8 Å². The van der Waals surface area contributed by atoms with Gasteiger partial charge in [-0.25, -0.2) is 33.4 Å². The molecule has 0 bridgehead atoms. The number of carbonyl (C=O) groups excluding carboxylic acids is 1. The van der Waals surface area contributed by atoms with Crippen molar-refractivity contribution in [1.29, 1.82) is 0 Å². The van der Waals surface area contributed by atoms with Gasteiger partial charge in [0.05, 0.1) is 18.7 Å². The second kappa shape index (κ2) is 8.35. The Labute approximate surface area is 190 Å². The molecule has 0 aromatic carbocycles. The van der Waals surface area contributed by atoms with Gasteiger partial charge in [-0.3, -0.25) is 4.79 Å². The van der Waals surface area contributed by atoms with Crippen molar-refractivity contribution in [3.05, 3.63) is 54.1 Å². The molecule has 3 aromatic heterocycles. The van der Waals surface area contributed by atoms with E-state index in [9.17, 15) is 39.9 Å². The number of pyridine rings is 1. The normalized spacial score (nSPS) is 16.2. The predicted octanol–water partition coefficient (Wildman–Crippen LogP) is 3.64. The maximum absolute atomic E-state index is 13.2. The highest BCUT2D eigenvalue weighted by Gasteiger charge is 2.47. The molecule has 0 spiro atoms. The van der Waals surface area contributed by atoms with Crippen molar-refractivity contribution in [2.24, 2.45) is 0 Å². The number of aromatic nitrogens is 6. The smallest absolute Gasteiger partial charge is 0.326 e. The molecule has 0 saturated carbocycles. The van der Waals surface area contributed by atoms with Crippen molar-refractivity contribution in [2.75, 3.05) is 13.1 Å². The van der Waals surface area contributed by atoms with E-state index in [2.05, 4.69) is 25.0 Å². The van der Waals surface area contributed by atoms with Crippen LogP contribution in [0.2, 0.25) is 0 Å². The molecular weight excluding hydrogens is 494 g/mol. The topological polar surface area (TPSA) is 89.7 Å². The lowest BCUT2D eigenvalue weighted by Gasteiger charge is -2.39. The molecule has 4 heterocycles. The summed E-state index contributed by atoms with van der Waals surface area (Å²) in [6, 6.07) is 0.690. The molecule has 1 fully saturated rings. The van der Waals surface area contributed by atoms with Gasteiger partial charge in [-0.15, -0.1) is 5.10 Å². The minimum Gasteiger partial charge on any atom is -0.326 e. The molecule has 1 amide bonds. The third kappa shape index (κ3) is 5.25. The Morgan fingerprint density at radius 2 is 1.54 bits per heavy atom. The van der Waals surface area contributed by atoms with Crippen LogP contribution in [-0.4, -0.2) is 59.5 Å². The molecule has 0 aliphatic carbocycles. The van der Waals surface area contributed by atoms with Crippen molar-refractivity contribution < 1.29 is 39.9 Å². The Kier molecular flexibility index (Phi) is 5.76. The maximum Gasteiger partial charge on any atom is 0.433 e. The molecule has 1 aliphatic rings. The minimum atomic E-state index is -5.18. The lowest BCUT2D eigenvalue weighted by molar-refractivity contribution is -0.159. The molecule has 1 saturated heterocycles. The highest BCUT2D eigenvalue weighted by atomic mass is 19.4. The molecule has 16 heteroatoms. The predicted molar refractivity (Wildman–Crippen MR) is 101 cm³/mol. The quantitative estimate of drug-likeness (QED) is 0.398. The highest BCUT2D eigenvalue weighted by molar-refractivity contribution is 6.23. The molecule has 184 valence electrons. The standard InChI is InChI=1S/C19H11F8N7O/c20-17(21)6-33(7-17)16(35)12(11-3-28-8-29-4-11)5-34-9-30-15(32-34)10-1-13(18(22,23)24)31-14(2-10)19(25,26)27/h1-5,8-9H,6-7H2/b12-5+. The number of alkyl halides is 8. The van der Waals surface area contributed by atoms with Crippen LogP contribution in [0.4, 0.5) is 35.1 Å². The Morgan fingerprint density at radius 1 is 0.971 bits per heavy atom. The van der Waals surface area contributed by atoms with E-state index < -0.39 is 60.0 Å². The number of hydrogen-bond donors (Lipinski definition) is 0. The van der Waals surface area contributed by atoms with Crippen molar-refractivity contribution >= 4 is 17.7 Å². The number of amides is 1. The van der Waals surface area contributed by atoms with Gasteiger partial charge in [-0.05, 0) is 12.1 Å². The number of halogens is 8. The fraction of sp³-hybridized carbons (Fsp3) is 0.263. The second-order valence-corrected chi connectivity index (χ2v) is 7.36. The van der Waals surface area contributed by atoms with E-state index in [4.69, 9.17) is 0 Å². The van der Waals surface area contributed by atoms with Crippen LogP contribution < -0.4 is 0 Å². The van der Waals surface area contributed by atoms with Crippen LogP contribution in [-0.2, 0) is 17.1 Å². The summed E-state index contributed by atoms with van der Waals surface area (Å²) in [7, 11) is 0. The molecule has 3 aromatic rings. The first kappa shape index (κ1) is 24.2. The first-order chi connectivity index (χ1) is 16.2. The van der Waals surface area contributed by atoms with Crippen molar-refractivity contribution in [3.8, 4) is 11.4 Å². The van der Waals surface area contributed by atoms with Gasteiger partial charge in [-0.2, -0.15) is 26.3 Å². The molecule has 0 radical (unpaired) electrons. The van der Waals surface area contributed by atoms with E-state index >= 15 is 0 Å². The third-order valence-electron chi connectivity index (χ3n) is 4.67. The van der Waals surface area contributed by atoms with Crippen molar-refractivity contribution in [1.82, 2.24) is 34.6 Å². The van der Waals surface area contributed by atoms with Crippen LogP contribution in [0.25, 0.3) is 23.2 Å². The average molecular weight is 505 g/mol. The molecule has 8 nitrogen and oxygen atoms in total. The zero-order valence-corrected chi connectivity index (χ0v) is 17.0. The van der Waals surface area contributed by atoms with Gasteiger partial charge < -0.3 is 4.90 Å². The number of hydrogen-bond acceptors (Lipinski definition) is 6. The zero-order chi connectivity index (χ0) is 25.6. The van der Waals surface area contributed by atoms with Gasteiger partial charge in [-0.1, -0.05) is 0 Å². The molecule has 0 unspecified atom stereocenters. The van der Waals surface area contributed by atoms with Crippen LogP contribution >= 0.6 is 0 Å². The third-order valence-corrected chi connectivity index (χ3v) is 4.67. The fourth-order valence-corrected chi connectivity index (χ4v) is 3.07. The Bertz CT molecular complexity index is 1240. The van der Waals surface area contributed by atoms with Gasteiger partial charge in [0, 0.05) is 29.7 Å². The second-order valence-electron chi connectivity index (χ2n) is 7.36. The van der Waals surface area contributed by atoms with Crippen molar-refractivity contribution in [3.63, 3.8) is 0 Å². The van der Waals surface area contributed by atoms with Crippen LogP contribution in [0, 0.1) is 0 Å². The van der Waals surface area contributed by atoms with Crippen LogP contribution in [0.1, 0.15) is 17.0 Å². The Morgan fingerprint density at radius 3 is 2.06 bits per heavy atom. The van der Waals surface area contributed by atoms with E-state index in [-0.39, 0.29) is 11.1 Å². The summed E-state index contributed by atoms with van der Waals surface area (Å²) in [5.74, 6) is -4.43. The molecular formula is C19H11F8N7O. The van der Waals surface area contributed by atoms with Gasteiger partial charge in [0.2, 0.25) is 0 Å². The average Bonchev–Trinajstić information content (AvgIpc) is 3.23. The van der Waals surface area contributed by atoms with E-state index in [0.717, 1.165) is 28.4 Å². The summed E-state index contributed by atoms with van der Waals surface area (Å²) < 4.78 is 106. The summed E-state index contributed by atoms with van der Waals surface area (Å²) >= 11 is 0. The summed E-state index contributed by atoms with van der Waals surface area (Å²) in [5.41, 5.74) is -4.34. The van der Waals surface area contributed by atoms with Crippen molar-refractivity contribution in [2.45, 2.75) is 18.3 Å². The van der Waals surface area contributed by atoms with E-state index in [1.807, 2.05) is 0 Å².